The summed E-state index contributed by atoms with van der Waals surface area (Å²) in [6, 6.07) is 6.93. The lowest BCUT2D eigenvalue weighted by atomic mass is 10.2. The largest absolute Gasteiger partial charge is 0.399 e. The first kappa shape index (κ1) is 13.4. The number of amides is 2. The third-order valence-corrected chi connectivity index (χ3v) is 2.48. The van der Waals surface area contributed by atoms with Gasteiger partial charge < -0.3 is 16.4 Å². The molecular formula is C13H21N3O. The van der Waals surface area contributed by atoms with Crippen molar-refractivity contribution in [1.29, 1.82) is 0 Å². The number of hydrogen-bond acceptors (Lipinski definition) is 2. The molecule has 0 aliphatic heterocycles. The number of benzene rings is 1. The van der Waals surface area contributed by atoms with Gasteiger partial charge in [0.1, 0.15) is 0 Å². The molecule has 0 saturated heterocycles. The second-order valence-corrected chi connectivity index (χ2v) is 4.06. The lowest BCUT2D eigenvalue weighted by molar-refractivity contribution is 0.252. The molecule has 0 aromatic heterocycles. The fraction of sp³-hybridized carbons (Fsp3) is 0.462. The van der Waals surface area contributed by atoms with Crippen LogP contribution in [0.4, 0.5) is 16.2 Å². The molecule has 0 spiro atoms. The molecule has 0 radical (unpaired) electrons. The van der Waals surface area contributed by atoms with Crippen LogP contribution in [0.2, 0.25) is 0 Å². The number of rotatable bonds is 6. The summed E-state index contributed by atoms with van der Waals surface area (Å²) in [4.78, 5) is 11.5. The van der Waals surface area contributed by atoms with Crippen LogP contribution in [0.25, 0.3) is 0 Å². The summed E-state index contributed by atoms with van der Waals surface area (Å²) in [7, 11) is 0. The lowest BCUT2D eigenvalue weighted by Gasteiger charge is -2.07. The number of carbonyl (C=O) groups excluding carboxylic acids is 1. The number of nitrogen functional groups attached to an aromatic ring is 1. The highest BCUT2D eigenvalue weighted by Gasteiger charge is 1.99. The Balaban J connectivity index is 2.18. The SMILES string of the molecule is CCCCCCNC(=O)Nc1ccc(N)cc1. The summed E-state index contributed by atoms with van der Waals surface area (Å²) in [6.45, 7) is 2.89. The van der Waals surface area contributed by atoms with Gasteiger partial charge in [0, 0.05) is 17.9 Å². The highest BCUT2D eigenvalue weighted by molar-refractivity contribution is 5.89. The van der Waals surface area contributed by atoms with E-state index in [1.165, 1.54) is 19.3 Å². The Labute approximate surface area is 103 Å². The molecule has 4 nitrogen and oxygen atoms in total. The summed E-state index contributed by atoms with van der Waals surface area (Å²) in [5, 5.41) is 5.58. The normalized spacial score (nSPS) is 9.94. The van der Waals surface area contributed by atoms with Gasteiger partial charge in [-0.3, -0.25) is 0 Å². The van der Waals surface area contributed by atoms with Crippen molar-refractivity contribution < 1.29 is 4.79 Å². The summed E-state index contributed by atoms with van der Waals surface area (Å²) < 4.78 is 0. The van der Waals surface area contributed by atoms with Crippen molar-refractivity contribution in [1.82, 2.24) is 5.32 Å². The number of urea groups is 1. The maximum Gasteiger partial charge on any atom is 0.319 e. The number of hydrogen-bond donors (Lipinski definition) is 3. The van der Waals surface area contributed by atoms with E-state index >= 15 is 0 Å². The molecule has 2 amide bonds. The average Bonchev–Trinajstić information content (AvgIpc) is 2.32. The predicted octanol–water partition coefficient (Wildman–Crippen LogP) is 2.97. The number of anilines is 2. The van der Waals surface area contributed by atoms with Gasteiger partial charge in [-0.05, 0) is 30.7 Å². The number of unbranched alkanes of at least 4 members (excludes halogenated alkanes) is 3. The third-order valence-electron chi connectivity index (χ3n) is 2.48. The minimum Gasteiger partial charge on any atom is -0.399 e. The molecule has 1 aromatic rings. The zero-order valence-corrected chi connectivity index (χ0v) is 10.3. The van der Waals surface area contributed by atoms with E-state index in [4.69, 9.17) is 5.73 Å². The third kappa shape index (κ3) is 5.80. The Hall–Kier alpha value is -1.71. The van der Waals surface area contributed by atoms with Gasteiger partial charge in [0.05, 0.1) is 0 Å². The van der Waals surface area contributed by atoms with Gasteiger partial charge in [0.2, 0.25) is 0 Å². The van der Waals surface area contributed by atoms with Crippen LogP contribution in [0.15, 0.2) is 24.3 Å². The Morgan fingerprint density at radius 2 is 1.88 bits per heavy atom. The van der Waals surface area contributed by atoms with Gasteiger partial charge in [0.25, 0.3) is 0 Å². The van der Waals surface area contributed by atoms with E-state index in [2.05, 4.69) is 17.6 Å². The highest BCUT2D eigenvalue weighted by atomic mass is 16.2. The van der Waals surface area contributed by atoms with Crippen LogP contribution in [-0.4, -0.2) is 12.6 Å². The fourth-order valence-corrected chi connectivity index (χ4v) is 1.50. The maximum atomic E-state index is 11.5. The second-order valence-electron chi connectivity index (χ2n) is 4.06. The Bertz CT molecular complexity index is 335. The van der Waals surface area contributed by atoms with Crippen LogP contribution >= 0.6 is 0 Å². The molecule has 0 heterocycles. The van der Waals surface area contributed by atoms with Gasteiger partial charge in [-0.15, -0.1) is 0 Å². The van der Waals surface area contributed by atoms with Gasteiger partial charge >= 0.3 is 6.03 Å². The zero-order valence-electron chi connectivity index (χ0n) is 10.3. The van der Waals surface area contributed by atoms with Crippen LogP contribution in [0.1, 0.15) is 32.6 Å². The minimum atomic E-state index is -0.161. The van der Waals surface area contributed by atoms with Gasteiger partial charge in [-0.2, -0.15) is 0 Å². The van der Waals surface area contributed by atoms with Gasteiger partial charge in [0.15, 0.2) is 0 Å². The molecule has 0 fully saturated rings. The topological polar surface area (TPSA) is 67.2 Å². The summed E-state index contributed by atoms with van der Waals surface area (Å²) in [6.07, 6.45) is 4.63. The molecule has 0 aliphatic carbocycles. The Morgan fingerprint density at radius 1 is 1.18 bits per heavy atom. The number of nitrogens with one attached hydrogen (secondary N) is 2. The smallest absolute Gasteiger partial charge is 0.319 e. The quantitative estimate of drug-likeness (QED) is 0.524. The van der Waals surface area contributed by atoms with Gasteiger partial charge in [-0.1, -0.05) is 26.2 Å². The summed E-state index contributed by atoms with van der Waals surface area (Å²) >= 11 is 0. The first-order valence-electron chi connectivity index (χ1n) is 6.12. The van der Waals surface area contributed by atoms with E-state index < -0.39 is 0 Å². The molecule has 4 N–H and O–H groups in total. The molecule has 94 valence electrons. The van der Waals surface area contributed by atoms with Crippen molar-refractivity contribution in [2.45, 2.75) is 32.6 Å². The van der Waals surface area contributed by atoms with Crippen molar-refractivity contribution in [3.63, 3.8) is 0 Å². The van der Waals surface area contributed by atoms with Crippen molar-refractivity contribution in [3.8, 4) is 0 Å². The number of carbonyl (C=O) groups is 1. The Kier molecular flexibility index (Phi) is 5.93. The molecule has 17 heavy (non-hydrogen) atoms. The highest BCUT2D eigenvalue weighted by Crippen LogP contribution is 2.09. The maximum absolute atomic E-state index is 11.5. The predicted molar refractivity (Wildman–Crippen MR) is 72.0 cm³/mol. The minimum absolute atomic E-state index is 0.161. The molecule has 0 bridgehead atoms. The molecular weight excluding hydrogens is 214 g/mol. The van der Waals surface area contributed by atoms with Crippen LogP contribution < -0.4 is 16.4 Å². The zero-order chi connectivity index (χ0) is 12.5. The van der Waals surface area contributed by atoms with Crippen molar-refractivity contribution >= 4 is 17.4 Å². The summed E-state index contributed by atoms with van der Waals surface area (Å²) in [5.41, 5.74) is 7.00. The molecule has 1 rings (SSSR count). The van der Waals surface area contributed by atoms with E-state index in [1.807, 2.05) is 0 Å². The summed E-state index contributed by atoms with van der Waals surface area (Å²) in [5.74, 6) is 0. The van der Waals surface area contributed by atoms with Crippen molar-refractivity contribution in [2.24, 2.45) is 0 Å². The number of nitrogens with two attached hydrogens (primary N) is 1. The van der Waals surface area contributed by atoms with Crippen LogP contribution in [0.3, 0.4) is 0 Å². The molecule has 0 atom stereocenters. The van der Waals surface area contributed by atoms with Gasteiger partial charge in [-0.25, -0.2) is 4.79 Å². The van der Waals surface area contributed by atoms with E-state index in [9.17, 15) is 4.79 Å². The first-order chi connectivity index (χ1) is 8.22. The molecule has 0 aliphatic rings. The van der Waals surface area contributed by atoms with Crippen LogP contribution in [0, 0.1) is 0 Å². The van der Waals surface area contributed by atoms with Crippen molar-refractivity contribution in [2.75, 3.05) is 17.6 Å². The molecule has 0 saturated carbocycles. The van der Waals surface area contributed by atoms with E-state index in [0.29, 0.717) is 5.69 Å². The molecule has 4 heteroatoms. The fourth-order valence-electron chi connectivity index (χ4n) is 1.50. The first-order valence-corrected chi connectivity index (χ1v) is 6.12. The standard InChI is InChI=1S/C13H21N3O/c1-2-3-4-5-10-15-13(17)16-12-8-6-11(14)7-9-12/h6-9H,2-5,10,14H2,1H3,(H2,15,16,17). The van der Waals surface area contributed by atoms with E-state index in [0.717, 1.165) is 18.7 Å². The van der Waals surface area contributed by atoms with Crippen LogP contribution in [-0.2, 0) is 0 Å². The second kappa shape index (κ2) is 7.54. The monoisotopic (exact) mass is 235 g/mol. The average molecular weight is 235 g/mol. The van der Waals surface area contributed by atoms with Crippen molar-refractivity contribution in [3.05, 3.63) is 24.3 Å². The van der Waals surface area contributed by atoms with E-state index in [-0.39, 0.29) is 6.03 Å². The van der Waals surface area contributed by atoms with E-state index in [1.54, 1.807) is 24.3 Å². The molecule has 0 unspecified atom stereocenters. The Morgan fingerprint density at radius 3 is 2.53 bits per heavy atom. The molecule has 1 aromatic carbocycles. The lowest BCUT2D eigenvalue weighted by Crippen LogP contribution is -2.29. The van der Waals surface area contributed by atoms with Crippen LogP contribution in [0.5, 0.6) is 0 Å².